The Balaban J connectivity index is 4.01. The number of rotatable bonds is 7. The molecule has 0 aliphatic rings. The molecule has 0 radical (unpaired) electrons. The van der Waals surface area contributed by atoms with Crippen LogP contribution in [0.15, 0.2) is 0 Å². The van der Waals surface area contributed by atoms with Gasteiger partial charge in [0.1, 0.15) is 0 Å². The molecule has 0 aliphatic carbocycles. The highest BCUT2D eigenvalue weighted by atomic mass is 35.7. The van der Waals surface area contributed by atoms with Crippen molar-refractivity contribution in [1.82, 2.24) is 0 Å². The molecule has 0 aromatic heterocycles. The Labute approximate surface area is 97.6 Å². The molecule has 92 valence electrons. The molecular formula is C10H21ClO3S. The van der Waals surface area contributed by atoms with Gasteiger partial charge in [-0.2, -0.15) is 0 Å². The lowest BCUT2D eigenvalue weighted by Gasteiger charge is -2.20. The summed E-state index contributed by atoms with van der Waals surface area (Å²) in [5, 5.41) is 0. The Morgan fingerprint density at radius 1 is 1.27 bits per heavy atom. The zero-order valence-electron chi connectivity index (χ0n) is 9.86. The molecule has 0 amide bonds. The van der Waals surface area contributed by atoms with Gasteiger partial charge in [0.2, 0.25) is 9.05 Å². The molecule has 0 bridgehead atoms. The fourth-order valence-electron chi connectivity index (χ4n) is 1.05. The summed E-state index contributed by atoms with van der Waals surface area (Å²) in [6.07, 6.45) is 0.911. The lowest BCUT2D eigenvalue weighted by Crippen LogP contribution is -2.23. The maximum absolute atomic E-state index is 10.9. The van der Waals surface area contributed by atoms with Gasteiger partial charge in [-0.05, 0) is 18.8 Å². The van der Waals surface area contributed by atoms with Crippen molar-refractivity contribution in [3.8, 4) is 0 Å². The summed E-state index contributed by atoms with van der Waals surface area (Å²) < 4.78 is 27.4. The zero-order valence-corrected chi connectivity index (χ0v) is 11.4. The fraction of sp³-hybridized carbons (Fsp3) is 1.00. The lowest BCUT2D eigenvalue weighted by atomic mass is 10.1. The quantitative estimate of drug-likeness (QED) is 0.658. The van der Waals surface area contributed by atoms with E-state index in [2.05, 4.69) is 13.8 Å². The molecule has 0 aromatic carbocycles. The first kappa shape index (κ1) is 15.2. The van der Waals surface area contributed by atoms with Crippen molar-refractivity contribution in [2.24, 2.45) is 11.8 Å². The Bertz CT molecular complexity index is 262. The second-order valence-corrected chi connectivity index (χ2v) is 7.08. The minimum atomic E-state index is -3.41. The van der Waals surface area contributed by atoms with Gasteiger partial charge in [0.05, 0.1) is 18.5 Å². The molecule has 0 saturated heterocycles. The van der Waals surface area contributed by atoms with Crippen molar-refractivity contribution >= 4 is 19.7 Å². The normalized spacial score (nSPS) is 16.7. The molecule has 3 nitrogen and oxygen atoms in total. The third kappa shape index (κ3) is 8.05. The minimum absolute atomic E-state index is 0.00410. The Morgan fingerprint density at radius 3 is 2.13 bits per heavy atom. The number of halogens is 1. The van der Waals surface area contributed by atoms with Crippen molar-refractivity contribution in [2.75, 3.05) is 12.4 Å². The summed E-state index contributed by atoms with van der Waals surface area (Å²) in [5.74, 6) is 0.430. The number of hydrogen-bond donors (Lipinski definition) is 0. The summed E-state index contributed by atoms with van der Waals surface area (Å²) >= 11 is 0. The van der Waals surface area contributed by atoms with E-state index in [1.165, 1.54) is 0 Å². The van der Waals surface area contributed by atoms with Crippen molar-refractivity contribution in [1.29, 1.82) is 0 Å². The maximum Gasteiger partial charge on any atom is 0.232 e. The van der Waals surface area contributed by atoms with Gasteiger partial charge >= 0.3 is 0 Å². The van der Waals surface area contributed by atoms with Gasteiger partial charge in [0, 0.05) is 10.7 Å². The van der Waals surface area contributed by atoms with E-state index in [1.807, 2.05) is 13.8 Å². The molecule has 0 heterocycles. The summed E-state index contributed by atoms with van der Waals surface area (Å²) in [6.45, 7) is 8.54. The van der Waals surface area contributed by atoms with Crippen LogP contribution in [0.25, 0.3) is 0 Å². The first-order chi connectivity index (χ1) is 6.76. The standard InChI is InChI=1S/C10H21ClO3S/c1-5-10(7-15(11,12)13)6-14-9(4)8(2)3/h8-10H,5-7H2,1-4H3. The number of hydrogen-bond acceptors (Lipinski definition) is 3. The summed E-state index contributed by atoms with van der Waals surface area (Å²) in [6, 6.07) is 0. The third-order valence-corrected chi connectivity index (χ3v) is 3.79. The van der Waals surface area contributed by atoms with E-state index in [4.69, 9.17) is 15.4 Å². The largest absolute Gasteiger partial charge is 0.378 e. The van der Waals surface area contributed by atoms with Crippen molar-refractivity contribution in [3.63, 3.8) is 0 Å². The molecule has 5 heteroatoms. The van der Waals surface area contributed by atoms with Gasteiger partial charge in [0.25, 0.3) is 0 Å². The van der Waals surface area contributed by atoms with Gasteiger partial charge in [-0.15, -0.1) is 0 Å². The summed E-state index contributed by atoms with van der Waals surface area (Å²) in [5.41, 5.74) is 0. The van der Waals surface area contributed by atoms with Crippen LogP contribution in [0.3, 0.4) is 0 Å². The molecule has 2 unspecified atom stereocenters. The first-order valence-corrected chi connectivity index (χ1v) is 7.78. The molecule has 0 saturated carbocycles. The van der Waals surface area contributed by atoms with E-state index < -0.39 is 9.05 Å². The molecule has 0 aromatic rings. The third-order valence-electron chi connectivity index (χ3n) is 2.55. The molecule has 0 aliphatic heterocycles. The monoisotopic (exact) mass is 256 g/mol. The Hall–Kier alpha value is 0.200. The van der Waals surface area contributed by atoms with Crippen LogP contribution in [0.2, 0.25) is 0 Å². The van der Waals surface area contributed by atoms with Gasteiger partial charge in [0.15, 0.2) is 0 Å². The zero-order chi connectivity index (χ0) is 12.1. The van der Waals surface area contributed by atoms with E-state index in [1.54, 1.807) is 0 Å². The molecule has 2 atom stereocenters. The van der Waals surface area contributed by atoms with Crippen LogP contribution in [0.5, 0.6) is 0 Å². The van der Waals surface area contributed by atoms with Crippen molar-refractivity contribution in [3.05, 3.63) is 0 Å². The van der Waals surface area contributed by atoms with E-state index in [9.17, 15) is 8.42 Å². The smallest absolute Gasteiger partial charge is 0.232 e. The van der Waals surface area contributed by atoms with Gasteiger partial charge in [-0.25, -0.2) is 8.42 Å². The molecule has 0 N–H and O–H groups in total. The topological polar surface area (TPSA) is 43.4 Å². The van der Waals surface area contributed by atoms with Gasteiger partial charge in [-0.1, -0.05) is 27.2 Å². The summed E-state index contributed by atoms with van der Waals surface area (Å²) in [7, 11) is 1.79. The van der Waals surface area contributed by atoms with Crippen LogP contribution in [0.4, 0.5) is 0 Å². The Morgan fingerprint density at radius 2 is 1.80 bits per heavy atom. The van der Waals surface area contributed by atoms with Crippen molar-refractivity contribution in [2.45, 2.75) is 40.2 Å². The van der Waals surface area contributed by atoms with Gasteiger partial charge in [-0.3, -0.25) is 0 Å². The molecule has 15 heavy (non-hydrogen) atoms. The molecule has 0 rings (SSSR count). The molecule has 0 spiro atoms. The van der Waals surface area contributed by atoms with E-state index in [0.29, 0.717) is 12.5 Å². The minimum Gasteiger partial charge on any atom is -0.378 e. The second-order valence-electron chi connectivity index (χ2n) is 4.26. The highest BCUT2D eigenvalue weighted by Gasteiger charge is 2.17. The molecule has 0 fully saturated rings. The van der Waals surface area contributed by atoms with Crippen LogP contribution < -0.4 is 0 Å². The van der Waals surface area contributed by atoms with E-state index >= 15 is 0 Å². The molecular weight excluding hydrogens is 236 g/mol. The van der Waals surface area contributed by atoms with Crippen LogP contribution in [-0.2, 0) is 13.8 Å². The second kappa shape index (κ2) is 6.71. The predicted molar refractivity (Wildman–Crippen MR) is 63.7 cm³/mol. The highest BCUT2D eigenvalue weighted by molar-refractivity contribution is 8.13. The van der Waals surface area contributed by atoms with Crippen LogP contribution in [0.1, 0.15) is 34.1 Å². The first-order valence-electron chi connectivity index (χ1n) is 5.30. The highest BCUT2D eigenvalue weighted by Crippen LogP contribution is 2.13. The average Bonchev–Trinajstić information content (AvgIpc) is 2.09. The van der Waals surface area contributed by atoms with Gasteiger partial charge < -0.3 is 4.74 Å². The maximum atomic E-state index is 10.9. The average molecular weight is 257 g/mol. The van der Waals surface area contributed by atoms with E-state index in [-0.39, 0.29) is 17.8 Å². The van der Waals surface area contributed by atoms with Crippen LogP contribution in [-0.4, -0.2) is 26.9 Å². The fourth-order valence-corrected chi connectivity index (χ4v) is 2.48. The van der Waals surface area contributed by atoms with E-state index in [0.717, 1.165) is 6.42 Å². The van der Waals surface area contributed by atoms with Crippen LogP contribution in [0, 0.1) is 11.8 Å². The predicted octanol–water partition coefficient (Wildman–Crippen LogP) is 2.64. The van der Waals surface area contributed by atoms with Crippen molar-refractivity contribution < 1.29 is 13.2 Å². The Kier molecular flexibility index (Phi) is 6.80. The van der Waals surface area contributed by atoms with Crippen LogP contribution >= 0.6 is 10.7 Å². The summed E-state index contributed by atoms with van der Waals surface area (Å²) in [4.78, 5) is 0. The number of ether oxygens (including phenoxy) is 1. The lowest BCUT2D eigenvalue weighted by molar-refractivity contribution is 0.0169. The SMILES string of the molecule is CCC(COC(C)C(C)C)CS(=O)(=O)Cl.